The van der Waals surface area contributed by atoms with E-state index in [1.807, 2.05) is 13.8 Å². The van der Waals surface area contributed by atoms with Crippen molar-refractivity contribution >= 4 is 50.7 Å². The monoisotopic (exact) mass is 607 g/mol. The van der Waals surface area contributed by atoms with Gasteiger partial charge < -0.3 is 10.2 Å². The molecule has 11 heteroatoms. The largest absolute Gasteiger partial charge is 0.354 e. The van der Waals surface area contributed by atoms with Crippen molar-refractivity contribution in [2.45, 2.75) is 51.1 Å². The lowest BCUT2D eigenvalue weighted by molar-refractivity contribution is -0.139. The number of carbonyl (C=O) groups excluding carboxylic acids is 2. The van der Waals surface area contributed by atoms with E-state index in [1.54, 1.807) is 31.2 Å². The van der Waals surface area contributed by atoms with Gasteiger partial charge in [-0.2, -0.15) is 0 Å². The number of hydrogen-bond donors (Lipinski definition) is 1. The molecule has 1 atom stereocenters. The van der Waals surface area contributed by atoms with Gasteiger partial charge in [0.25, 0.3) is 10.0 Å². The summed E-state index contributed by atoms with van der Waals surface area (Å²) in [4.78, 5) is 28.1. The molecular weight excluding hydrogens is 576 g/mol. The molecule has 0 radical (unpaired) electrons. The summed E-state index contributed by atoms with van der Waals surface area (Å²) in [6, 6.07) is 14.8. The van der Waals surface area contributed by atoms with E-state index in [-0.39, 0.29) is 23.0 Å². The maximum absolute atomic E-state index is 13.9. The van der Waals surface area contributed by atoms with Gasteiger partial charge in [-0.05, 0) is 74.4 Å². The van der Waals surface area contributed by atoms with Crippen molar-refractivity contribution in [2.75, 3.05) is 17.4 Å². The van der Waals surface area contributed by atoms with Gasteiger partial charge in [-0.25, -0.2) is 12.8 Å². The number of benzene rings is 3. The van der Waals surface area contributed by atoms with Crippen molar-refractivity contribution in [3.05, 3.63) is 93.7 Å². The lowest BCUT2D eigenvalue weighted by Gasteiger charge is -2.32. The molecule has 0 saturated heterocycles. The predicted octanol–water partition coefficient (Wildman–Crippen LogP) is 5.97. The Kier molecular flexibility index (Phi) is 11.0. The Morgan fingerprint density at radius 1 is 1.00 bits per heavy atom. The zero-order valence-corrected chi connectivity index (χ0v) is 24.9. The molecule has 40 heavy (non-hydrogen) atoms. The van der Waals surface area contributed by atoms with E-state index in [4.69, 9.17) is 23.2 Å². The Morgan fingerprint density at radius 3 is 2.25 bits per heavy atom. The van der Waals surface area contributed by atoms with E-state index in [1.165, 1.54) is 35.2 Å². The maximum Gasteiger partial charge on any atom is 0.264 e. The van der Waals surface area contributed by atoms with Gasteiger partial charge in [0.1, 0.15) is 18.4 Å². The van der Waals surface area contributed by atoms with E-state index >= 15 is 0 Å². The molecule has 0 aliphatic rings. The number of unbranched alkanes of at least 4 members (excludes halogenated alkanes) is 1. The highest BCUT2D eigenvalue weighted by atomic mass is 35.5. The van der Waals surface area contributed by atoms with E-state index in [0.29, 0.717) is 22.2 Å². The summed E-state index contributed by atoms with van der Waals surface area (Å²) in [7, 11) is -4.24. The highest BCUT2D eigenvalue weighted by Crippen LogP contribution is 2.27. The molecule has 2 amide bonds. The molecule has 0 unspecified atom stereocenters. The number of hydrogen-bond acceptors (Lipinski definition) is 4. The zero-order chi connectivity index (χ0) is 29.4. The Labute approximate surface area is 244 Å². The Hall–Kier alpha value is -3.14. The lowest BCUT2D eigenvalue weighted by Crippen LogP contribution is -2.51. The standard InChI is InChI=1S/C29H32Cl2FN3O4S/c1-4-5-16-33-29(37)21(3)34(18-22-8-9-23(30)17-27(22)31)28(36)19-35(25-12-10-24(32)11-13-25)40(38,39)26-14-6-20(2)7-15-26/h6-15,17,21H,4-5,16,18-19H2,1-3H3,(H,33,37)/t21-/m0/s1. The number of nitrogens with zero attached hydrogens (tertiary/aromatic N) is 2. The summed E-state index contributed by atoms with van der Waals surface area (Å²) in [6.45, 7) is 5.11. The second-order valence-corrected chi connectivity index (χ2v) is 12.1. The van der Waals surface area contributed by atoms with Crippen molar-refractivity contribution in [3.63, 3.8) is 0 Å². The minimum absolute atomic E-state index is 0.0344. The van der Waals surface area contributed by atoms with Crippen molar-refractivity contribution in [1.82, 2.24) is 10.2 Å². The fraction of sp³-hybridized carbons (Fsp3) is 0.310. The molecule has 0 aromatic heterocycles. The summed E-state index contributed by atoms with van der Waals surface area (Å²) in [6.07, 6.45) is 1.64. The summed E-state index contributed by atoms with van der Waals surface area (Å²) in [5.74, 6) is -1.59. The van der Waals surface area contributed by atoms with E-state index < -0.39 is 34.3 Å². The second-order valence-electron chi connectivity index (χ2n) is 9.38. The van der Waals surface area contributed by atoms with Crippen LogP contribution in [0.25, 0.3) is 0 Å². The lowest BCUT2D eigenvalue weighted by atomic mass is 10.1. The fourth-order valence-electron chi connectivity index (χ4n) is 3.93. The van der Waals surface area contributed by atoms with Crippen LogP contribution >= 0.6 is 23.2 Å². The van der Waals surface area contributed by atoms with Crippen LogP contribution in [0, 0.1) is 12.7 Å². The molecule has 0 aliphatic heterocycles. The molecule has 3 aromatic carbocycles. The van der Waals surface area contributed by atoms with Gasteiger partial charge in [-0.1, -0.05) is 60.3 Å². The molecule has 7 nitrogen and oxygen atoms in total. The number of amides is 2. The van der Waals surface area contributed by atoms with Crippen LogP contribution < -0.4 is 9.62 Å². The number of halogens is 3. The van der Waals surface area contributed by atoms with Gasteiger partial charge in [-0.3, -0.25) is 13.9 Å². The molecule has 214 valence electrons. The number of aryl methyl sites for hydroxylation is 1. The van der Waals surface area contributed by atoms with Crippen LogP contribution in [0.15, 0.2) is 71.6 Å². The molecule has 3 aromatic rings. The molecular formula is C29H32Cl2FN3O4S. The fourth-order valence-corrected chi connectivity index (χ4v) is 5.81. The topological polar surface area (TPSA) is 86.8 Å². The van der Waals surface area contributed by atoms with Crippen molar-refractivity contribution in [3.8, 4) is 0 Å². The maximum atomic E-state index is 13.9. The molecule has 0 spiro atoms. The Bertz CT molecular complexity index is 1430. The number of anilines is 1. The summed E-state index contributed by atoms with van der Waals surface area (Å²) in [5, 5.41) is 3.52. The van der Waals surface area contributed by atoms with E-state index in [0.717, 1.165) is 34.8 Å². The van der Waals surface area contributed by atoms with Gasteiger partial charge in [0, 0.05) is 23.1 Å². The molecule has 0 fully saturated rings. The number of sulfonamides is 1. The summed E-state index contributed by atoms with van der Waals surface area (Å²) in [5.41, 5.74) is 1.49. The third kappa shape index (κ3) is 7.96. The number of nitrogens with one attached hydrogen (secondary N) is 1. The second kappa shape index (κ2) is 14.0. The molecule has 0 aliphatic carbocycles. The number of carbonyl (C=O) groups is 2. The van der Waals surface area contributed by atoms with Crippen LogP contribution in [0.3, 0.4) is 0 Å². The van der Waals surface area contributed by atoms with E-state index in [2.05, 4.69) is 5.32 Å². The summed E-state index contributed by atoms with van der Waals surface area (Å²) < 4.78 is 42.2. The first-order valence-corrected chi connectivity index (χ1v) is 15.0. The normalized spacial score (nSPS) is 12.1. The molecule has 0 heterocycles. The smallest absolute Gasteiger partial charge is 0.264 e. The van der Waals surface area contributed by atoms with E-state index in [9.17, 15) is 22.4 Å². The summed E-state index contributed by atoms with van der Waals surface area (Å²) >= 11 is 12.4. The first-order chi connectivity index (χ1) is 18.9. The molecule has 3 rings (SSSR count). The molecule has 0 bridgehead atoms. The predicted molar refractivity (Wildman–Crippen MR) is 157 cm³/mol. The van der Waals surface area contributed by atoms with Crippen LogP contribution in [0.1, 0.15) is 37.8 Å². The third-order valence-corrected chi connectivity index (χ3v) is 8.73. The quantitative estimate of drug-likeness (QED) is 0.257. The van der Waals surface area contributed by atoms with Crippen LogP contribution in [-0.2, 0) is 26.2 Å². The van der Waals surface area contributed by atoms with Gasteiger partial charge in [0.2, 0.25) is 11.8 Å². The Balaban J connectivity index is 2.01. The highest BCUT2D eigenvalue weighted by molar-refractivity contribution is 7.92. The average Bonchev–Trinajstić information content (AvgIpc) is 2.91. The van der Waals surface area contributed by atoms with Gasteiger partial charge in [0.15, 0.2) is 0 Å². The van der Waals surface area contributed by atoms with Crippen LogP contribution in [-0.4, -0.2) is 44.3 Å². The van der Waals surface area contributed by atoms with Crippen molar-refractivity contribution in [2.24, 2.45) is 0 Å². The van der Waals surface area contributed by atoms with Crippen molar-refractivity contribution < 1.29 is 22.4 Å². The third-order valence-electron chi connectivity index (χ3n) is 6.36. The molecule has 0 saturated carbocycles. The minimum Gasteiger partial charge on any atom is -0.354 e. The SMILES string of the molecule is CCCCNC(=O)[C@H](C)N(Cc1ccc(Cl)cc1Cl)C(=O)CN(c1ccc(F)cc1)S(=O)(=O)c1ccc(C)cc1. The first-order valence-electron chi connectivity index (χ1n) is 12.8. The van der Waals surface area contributed by atoms with Crippen LogP contribution in [0.2, 0.25) is 10.0 Å². The van der Waals surface area contributed by atoms with Crippen LogP contribution in [0.5, 0.6) is 0 Å². The Morgan fingerprint density at radius 2 is 1.65 bits per heavy atom. The number of rotatable bonds is 12. The van der Waals surface area contributed by atoms with Crippen LogP contribution in [0.4, 0.5) is 10.1 Å². The van der Waals surface area contributed by atoms with Gasteiger partial charge in [0.05, 0.1) is 10.6 Å². The average molecular weight is 609 g/mol. The zero-order valence-electron chi connectivity index (χ0n) is 22.5. The highest BCUT2D eigenvalue weighted by Gasteiger charge is 2.32. The first kappa shape index (κ1) is 31.4. The van der Waals surface area contributed by atoms with Gasteiger partial charge >= 0.3 is 0 Å². The minimum atomic E-state index is -4.24. The van der Waals surface area contributed by atoms with Gasteiger partial charge in [-0.15, -0.1) is 0 Å². The van der Waals surface area contributed by atoms with Crippen molar-refractivity contribution in [1.29, 1.82) is 0 Å². The molecule has 1 N–H and O–H groups in total.